The number of anilines is 1. The summed E-state index contributed by atoms with van der Waals surface area (Å²) in [5.41, 5.74) is 8.39. The predicted octanol–water partition coefficient (Wildman–Crippen LogP) is 3.72. The van der Waals surface area contributed by atoms with Gasteiger partial charge in [-0.2, -0.15) is 0 Å². The summed E-state index contributed by atoms with van der Waals surface area (Å²) in [5, 5.41) is 0. The molecule has 19 heavy (non-hydrogen) atoms. The number of halogens is 1. The van der Waals surface area contributed by atoms with E-state index in [1.807, 2.05) is 30.3 Å². The number of aromatic nitrogens is 1. The first-order valence-corrected chi connectivity index (χ1v) is 5.80. The van der Waals surface area contributed by atoms with Crippen molar-refractivity contribution in [1.82, 2.24) is 4.98 Å². The van der Waals surface area contributed by atoms with Crippen LogP contribution in [0.5, 0.6) is 0 Å². The van der Waals surface area contributed by atoms with Crippen LogP contribution in [-0.2, 0) is 0 Å². The van der Waals surface area contributed by atoms with Gasteiger partial charge in [-0.25, -0.2) is 9.37 Å². The van der Waals surface area contributed by atoms with Crippen molar-refractivity contribution in [1.29, 1.82) is 0 Å². The number of hydrogen-bond donors (Lipinski definition) is 1. The Morgan fingerprint density at radius 3 is 2.63 bits per heavy atom. The van der Waals surface area contributed by atoms with Crippen LogP contribution >= 0.6 is 0 Å². The monoisotopic (exact) mass is 254 g/mol. The molecule has 0 saturated carbocycles. The molecule has 0 unspecified atom stereocenters. The van der Waals surface area contributed by atoms with E-state index in [0.717, 1.165) is 11.3 Å². The number of nitrogens with two attached hydrogens (primary N) is 1. The van der Waals surface area contributed by atoms with Gasteiger partial charge in [0.15, 0.2) is 5.58 Å². The molecule has 3 nitrogen and oxygen atoms in total. The Bertz CT molecular complexity index is 744. The molecule has 0 aliphatic carbocycles. The maximum absolute atomic E-state index is 13.0. The lowest BCUT2D eigenvalue weighted by Gasteiger charge is -1.93. The maximum atomic E-state index is 13.0. The number of hydrogen-bond acceptors (Lipinski definition) is 3. The summed E-state index contributed by atoms with van der Waals surface area (Å²) in [5.74, 6) is 0.118. The third-order valence-corrected chi connectivity index (χ3v) is 2.72. The van der Waals surface area contributed by atoms with E-state index < -0.39 is 0 Å². The lowest BCUT2D eigenvalue weighted by molar-refractivity contribution is 0.588. The molecule has 0 aliphatic heterocycles. The summed E-state index contributed by atoms with van der Waals surface area (Å²) in [6, 6.07) is 11.7. The van der Waals surface area contributed by atoms with Gasteiger partial charge in [-0.05, 0) is 35.9 Å². The van der Waals surface area contributed by atoms with Crippen molar-refractivity contribution >= 4 is 28.9 Å². The molecular formula is C15H11FN2O. The molecule has 0 bridgehead atoms. The van der Waals surface area contributed by atoms with Crippen LogP contribution in [0.25, 0.3) is 23.3 Å². The fraction of sp³-hybridized carbons (Fsp3) is 0. The first-order valence-electron chi connectivity index (χ1n) is 5.80. The highest BCUT2D eigenvalue weighted by Gasteiger charge is 2.03. The third-order valence-electron chi connectivity index (χ3n) is 2.72. The minimum absolute atomic E-state index is 0.324. The zero-order valence-corrected chi connectivity index (χ0v) is 10.0. The van der Waals surface area contributed by atoms with E-state index >= 15 is 0 Å². The molecule has 0 radical (unpaired) electrons. The summed E-state index contributed by atoms with van der Waals surface area (Å²) in [6.45, 7) is 0. The van der Waals surface area contributed by atoms with Crippen LogP contribution in [0.1, 0.15) is 11.5 Å². The third kappa shape index (κ3) is 2.47. The van der Waals surface area contributed by atoms with E-state index in [1.165, 1.54) is 12.1 Å². The Morgan fingerprint density at radius 1 is 1.05 bits per heavy atom. The zero-order valence-electron chi connectivity index (χ0n) is 10.0. The van der Waals surface area contributed by atoms with Crippen LogP contribution in [0.4, 0.5) is 10.1 Å². The normalized spacial score (nSPS) is 11.4. The van der Waals surface area contributed by atoms with Gasteiger partial charge in [0.05, 0.1) is 0 Å². The van der Waals surface area contributed by atoms with Crippen molar-refractivity contribution < 1.29 is 8.81 Å². The van der Waals surface area contributed by atoms with E-state index in [2.05, 4.69) is 4.98 Å². The fourth-order valence-corrected chi connectivity index (χ4v) is 1.76. The van der Waals surface area contributed by atoms with Gasteiger partial charge in [0.2, 0.25) is 5.89 Å². The number of fused-ring (bicyclic) bond motifs is 1. The van der Waals surface area contributed by atoms with Crippen LogP contribution in [0.3, 0.4) is 0 Å². The van der Waals surface area contributed by atoms with Gasteiger partial charge in [0, 0.05) is 17.8 Å². The Morgan fingerprint density at radius 2 is 1.84 bits per heavy atom. The molecule has 1 heterocycles. The standard InChI is InChI=1S/C15H11FN2O/c16-11-4-7-14-13(9-11)18-15(19-14)8-3-10-1-5-12(17)6-2-10/h1-9H,17H2. The molecule has 0 atom stereocenters. The summed E-state index contributed by atoms with van der Waals surface area (Å²) < 4.78 is 18.5. The van der Waals surface area contributed by atoms with Crippen molar-refractivity contribution in [2.24, 2.45) is 0 Å². The number of oxazole rings is 1. The summed E-state index contributed by atoms with van der Waals surface area (Å²) in [6.07, 6.45) is 3.60. The first kappa shape index (κ1) is 11.5. The Balaban J connectivity index is 1.90. The summed E-state index contributed by atoms with van der Waals surface area (Å²) >= 11 is 0. The van der Waals surface area contributed by atoms with Crippen molar-refractivity contribution in [3.05, 3.63) is 59.7 Å². The molecule has 2 N–H and O–H groups in total. The van der Waals surface area contributed by atoms with E-state index in [1.54, 1.807) is 12.1 Å². The highest BCUT2D eigenvalue weighted by molar-refractivity contribution is 5.76. The minimum atomic E-state index is -0.324. The molecule has 0 spiro atoms. The van der Waals surface area contributed by atoms with Gasteiger partial charge < -0.3 is 10.2 Å². The molecule has 1 aromatic heterocycles. The second-order valence-electron chi connectivity index (χ2n) is 4.16. The van der Waals surface area contributed by atoms with E-state index in [9.17, 15) is 4.39 Å². The van der Waals surface area contributed by atoms with Crippen LogP contribution in [0, 0.1) is 5.82 Å². The van der Waals surface area contributed by atoms with Crippen molar-refractivity contribution in [2.75, 3.05) is 5.73 Å². The van der Waals surface area contributed by atoms with Gasteiger partial charge in [0.25, 0.3) is 0 Å². The molecule has 0 saturated heterocycles. The molecule has 3 rings (SSSR count). The Kier molecular flexibility index (Phi) is 2.76. The predicted molar refractivity (Wildman–Crippen MR) is 73.7 cm³/mol. The summed E-state index contributed by atoms with van der Waals surface area (Å²) in [7, 11) is 0. The second kappa shape index (κ2) is 4.57. The molecule has 4 heteroatoms. The van der Waals surface area contributed by atoms with Crippen LogP contribution in [-0.4, -0.2) is 4.98 Å². The van der Waals surface area contributed by atoms with Gasteiger partial charge in [0.1, 0.15) is 11.3 Å². The van der Waals surface area contributed by atoms with E-state index in [0.29, 0.717) is 17.0 Å². The number of benzene rings is 2. The largest absolute Gasteiger partial charge is 0.437 e. The molecular weight excluding hydrogens is 243 g/mol. The SMILES string of the molecule is Nc1ccc(C=Cc2nc3cc(F)ccc3o2)cc1. The number of rotatable bonds is 2. The van der Waals surface area contributed by atoms with E-state index in [-0.39, 0.29) is 5.82 Å². The van der Waals surface area contributed by atoms with E-state index in [4.69, 9.17) is 10.2 Å². The molecule has 3 aromatic rings. The molecule has 2 aromatic carbocycles. The van der Waals surface area contributed by atoms with Crippen molar-refractivity contribution in [3.8, 4) is 0 Å². The van der Waals surface area contributed by atoms with Crippen LogP contribution in [0.15, 0.2) is 46.9 Å². The van der Waals surface area contributed by atoms with Gasteiger partial charge >= 0.3 is 0 Å². The lowest BCUT2D eigenvalue weighted by Crippen LogP contribution is -1.82. The number of nitrogens with zero attached hydrogens (tertiary/aromatic N) is 1. The quantitative estimate of drug-likeness (QED) is 0.709. The van der Waals surface area contributed by atoms with Gasteiger partial charge in [-0.1, -0.05) is 12.1 Å². The maximum Gasteiger partial charge on any atom is 0.220 e. The average Bonchev–Trinajstić information content (AvgIpc) is 2.80. The van der Waals surface area contributed by atoms with Gasteiger partial charge in [-0.3, -0.25) is 0 Å². The molecule has 0 aliphatic rings. The van der Waals surface area contributed by atoms with Crippen molar-refractivity contribution in [3.63, 3.8) is 0 Å². The summed E-state index contributed by atoms with van der Waals surface area (Å²) in [4.78, 5) is 4.19. The Hall–Kier alpha value is -2.62. The second-order valence-corrected chi connectivity index (χ2v) is 4.16. The first-order chi connectivity index (χ1) is 9.20. The topological polar surface area (TPSA) is 52.0 Å². The van der Waals surface area contributed by atoms with Crippen LogP contribution < -0.4 is 5.73 Å². The minimum Gasteiger partial charge on any atom is -0.437 e. The molecule has 0 amide bonds. The molecule has 94 valence electrons. The smallest absolute Gasteiger partial charge is 0.220 e. The van der Waals surface area contributed by atoms with Gasteiger partial charge in [-0.15, -0.1) is 0 Å². The average molecular weight is 254 g/mol. The zero-order chi connectivity index (χ0) is 13.2. The fourth-order valence-electron chi connectivity index (χ4n) is 1.76. The lowest BCUT2D eigenvalue weighted by atomic mass is 10.2. The highest BCUT2D eigenvalue weighted by atomic mass is 19.1. The highest BCUT2D eigenvalue weighted by Crippen LogP contribution is 2.18. The number of nitrogen functional groups attached to an aromatic ring is 1. The van der Waals surface area contributed by atoms with Crippen molar-refractivity contribution in [2.45, 2.75) is 0 Å². The Labute approximate surface area is 109 Å². The van der Waals surface area contributed by atoms with Crippen LogP contribution in [0.2, 0.25) is 0 Å². The molecule has 0 fully saturated rings.